The smallest absolute Gasteiger partial charge is 0.223 e. The molecule has 0 bridgehead atoms. The van der Waals surface area contributed by atoms with Gasteiger partial charge in [0.25, 0.3) is 0 Å². The van der Waals surface area contributed by atoms with E-state index in [4.69, 9.17) is 5.73 Å². The number of aliphatic hydroxyl groups excluding tert-OH is 1. The normalized spacial score (nSPS) is 12.4. The van der Waals surface area contributed by atoms with Crippen LogP contribution >= 0.6 is 0 Å². The summed E-state index contributed by atoms with van der Waals surface area (Å²) in [6, 6.07) is 0. The first-order valence-electron chi connectivity index (χ1n) is 6.49. The van der Waals surface area contributed by atoms with Gasteiger partial charge < -0.3 is 21.5 Å². The number of aliphatic hydroxyl groups is 1. The Morgan fingerprint density at radius 2 is 1.95 bits per heavy atom. The third kappa shape index (κ3) is 2.85. The lowest BCUT2D eigenvalue weighted by Gasteiger charge is -2.12. The predicted octanol–water partition coefficient (Wildman–Crippen LogP) is 0.399. The number of anilines is 3. The Bertz CT molecular complexity index is 614. The molecule has 108 valence electrons. The molecule has 2 aromatic rings. The van der Waals surface area contributed by atoms with Crippen LogP contribution in [0, 0.1) is 0 Å². The fourth-order valence-corrected chi connectivity index (χ4v) is 1.83. The molecule has 0 aliphatic rings. The van der Waals surface area contributed by atoms with Gasteiger partial charge in [-0.3, -0.25) is 0 Å². The predicted molar refractivity (Wildman–Crippen MR) is 78.6 cm³/mol. The van der Waals surface area contributed by atoms with Gasteiger partial charge in [-0.2, -0.15) is 4.98 Å². The van der Waals surface area contributed by atoms with Gasteiger partial charge in [-0.05, 0) is 13.3 Å². The lowest BCUT2D eigenvalue weighted by Crippen LogP contribution is -2.17. The zero-order valence-corrected chi connectivity index (χ0v) is 11.8. The number of nitrogen functional groups attached to an aromatic ring is 1. The molecule has 0 unspecified atom stereocenters. The van der Waals surface area contributed by atoms with Crippen LogP contribution in [0.1, 0.15) is 19.5 Å². The summed E-state index contributed by atoms with van der Waals surface area (Å²) in [5.74, 6) is 1.19. The summed E-state index contributed by atoms with van der Waals surface area (Å²) in [4.78, 5) is 17.1. The number of fused-ring (bicyclic) bond motifs is 1. The Kier molecular flexibility index (Phi) is 4.14. The van der Waals surface area contributed by atoms with Crippen molar-refractivity contribution in [3.63, 3.8) is 0 Å². The number of aromatic nitrogens is 4. The molecule has 0 amide bonds. The fraction of sp³-hybridized carbons (Fsp3) is 0.500. The highest BCUT2D eigenvalue weighted by Crippen LogP contribution is 2.23. The molecule has 8 nitrogen and oxygen atoms in total. The molecule has 0 spiro atoms. The molecular weight excluding hydrogens is 258 g/mol. The number of hydrogen-bond acceptors (Lipinski definition) is 8. The van der Waals surface area contributed by atoms with Crippen molar-refractivity contribution in [1.29, 1.82) is 0 Å². The Labute approximate surface area is 116 Å². The largest absolute Gasteiger partial charge is 0.392 e. The maximum atomic E-state index is 9.32. The van der Waals surface area contributed by atoms with Gasteiger partial charge >= 0.3 is 0 Å². The van der Waals surface area contributed by atoms with Crippen molar-refractivity contribution in [1.82, 2.24) is 19.9 Å². The van der Waals surface area contributed by atoms with E-state index < -0.39 is 6.10 Å². The molecule has 20 heavy (non-hydrogen) atoms. The summed E-state index contributed by atoms with van der Waals surface area (Å²) in [6.45, 7) is 4.05. The van der Waals surface area contributed by atoms with E-state index in [1.807, 2.05) is 6.92 Å². The Hall–Kier alpha value is -2.22. The molecule has 0 aromatic carbocycles. The van der Waals surface area contributed by atoms with Gasteiger partial charge in [-0.25, -0.2) is 15.0 Å². The molecule has 5 N–H and O–H groups in total. The molecule has 0 saturated carbocycles. The summed E-state index contributed by atoms with van der Waals surface area (Å²) >= 11 is 0. The maximum absolute atomic E-state index is 9.32. The van der Waals surface area contributed by atoms with E-state index in [-0.39, 0.29) is 5.95 Å². The van der Waals surface area contributed by atoms with E-state index in [0.717, 1.165) is 5.69 Å². The van der Waals surface area contributed by atoms with Crippen molar-refractivity contribution in [3.8, 4) is 0 Å². The molecule has 2 heterocycles. The van der Waals surface area contributed by atoms with Gasteiger partial charge in [-0.15, -0.1) is 0 Å². The summed E-state index contributed by atoms with van der Waals surface area (Å²) in [6.07, 6.45) is 0.216. The molecule has 0 fully saturated rings. The summed E-state index contributed by atoms with van der Waals surface area (Å²) in [5.41, 5.74) is 7.74. The molecule has 0 saturated heterocycles. The number of aryl methyl sites for hydroxylation is 1. The third-order valence-corrected chi connectivity index (χ3v) is 2.76. The lowest BCUT2D eigenvalue weighted by atomic mass is 10.2. The summed E-state index contributed by atoms with van der Waals surface area (Å²) < 4.78 is 0. The van der Waals surface area contributed by atoms with Crippen LogP contribution in [0.3, 0.4) is 0 Å². The van der Waals surface area contributed by atoms with E-state index in [9.17, 15) is 5.11 Å². The summed E-state index contributed by atoms with van der Waals surface area (Å²) in [5, 5.41) is 15.3. The standard InChI is InChI=1S/C12H19N7O/c1-4-7-8-9(10(14-3)19-11(13)17-8)18-12(16-7)15-5-6(2)20/h6,20H,4-5H2,1-3H3,(H,15,16,18)(H3,13,14,17,19)/t6-/m1/s1. The van der Waals surface area contributed by atoms with E-state index in [1.54, 1.807) is 14.0 Å². The highest BCUT2D eigenvalue weighted by atomic mass is 16.3. The van der Waals surface area contributed by atoms with E-state index in [1.165, 1.54) is 0 Å². The van der Waals surface area contributed by atoms with Crippen LogP contribution in [0.4, 0.5) is 17.7 Å². The van der Waals surface area contributed by atoms with Crippen molar-refractivity contribution < 1.29 is 5.11 Å². The molecule has 1 atom stereocenters. The second-order valence-electron chi connectivity index (χ2n) is 4.46. The molecule has 8 heteroatoms. The van der Waals surface area contributed by atoms with Crippen molar-refractivity contribution in [3.05, 3.63) is 5.69 Å². The highest BCUT2D eigenvalue weighted by molar-refractivity contribution is 5.88. The van der Waals surface area contributed by atoms with Crippen molar-refractivity contribution >= 4 is 28.7 Å². The van der Waals surface area contributed by atoms with Crippen LogP contribution in [-0.2, 0) is 6.42 Å². The zero-order valence-electron chi connectivity index (χ0n) is 11.8. The molecule has 0 aliphatic carbocycles. The molecular formula is C12H19N7O. The molecule has 2 aromatic heterocycles. The van der Waals surface area contributed by atoms with E-state index in [0.29, 0.717) is 35.8 Å². The average molecular weight is 277 g/mol. The van der Waals surface area contributed by atoms with Gasteiger partial charge in [0.1, 0.15) is 11.0 Å². The van der Waals surface area contributed by atoms with Gasteiger partial charge in [-0.1, -0.05) is 6.92 Å². The highest BCUT2D eigenvalue weighted by Gasteiger charge is 2.13. The Morgan fingerprint density at radius 3 is 2.55 bits per heavy atom. The number of rotatable bonds is 5. The number of nitrogens with zero attached hydrogens (tertiary/aromatic N) is 4. The monoisotopic (exact) mass is 277 g/mol. The number of nitrogens with one attached hydrogen (secondary N) is 2. The SMILES string of the molecule is CCc1nc(NC[C@@H](C)O)nc2c(NC)nc(N)nc12. The Morgan fingerprint density at radius 1 is 1.20 bits per heavy atom. The van der Waals surface area contributed by atoms with Crippen molar-refractivity contribution in [2.45, 2.75) is 26.4 Å². The minimum atomic E-state index is -0.481. The van der Waals surface area contributed by atoms with Crippen LogP contribution in [-0.4, -0.2) is 44.7 Å². The van der Waals surface area contributed by atoms with Gasteiger partial charge in [0.2, 0.25) is 11.9 Å². The molecule has 0 aliphatic heterocycles. The van der Waals surface area contributed by atoms with Gasteiger partial charge in [0.15, 0.2) is 5.82 Å². The van der Waals surface area contributed by atoms with Crippen molar-refractivity contribution in [2.24, 2.45) is 0 Å². The third-order valence-electron chi connectivity index (χ3n) is 2.76. The van der Waals surface area contributed by atoms with E-state index >= 15 is 0 Å². The molecule has 2 rings (SSSR count). The van der Waals surface area contributed by atoms with Crippen LogP contribution in [0.5, 0.6) is 0 Å². The second-order valence-corrected chi connectivity index (χ2v) is 4.46. The first-order chi connectivity index (χ1) is 9.55. The minimum Gasteiger partial charge on any atom is -0.392 e. The zero-order chi connectivity index (χ0) is 14.7. The summed E-state index contributed by atoms with van der Waals surface area (Å²) in [7, 11) is 1.75. The van der Waals surface area contributed by atoms with Gasteiger partial charge in [0.05, 0.1) is 11.8 Å². The van der Waals surface area contributed by atoms with Crippen LogP contribution in [0.2, 0.25) is 0 Å². The van der Waals surface area contributed by atoms with Crippen LogP contribution in [0.25, 0.3) is 11.0 Å². The quantitative estimate of drug-likeness (QED) is 0.619. The maximum Gasteiger partial charge on any atom is 0.223 e. The van der Waals surface area contributed by atoms with Crippen LogP contribution < -0.4 is 16.4 Å². The second kappa shape index (κ2) is 5.83. The Balaban J connectivity index is 2.56. The first-order valence-corrected chi connectivity index (χ1v) is 6.49. The van der Waals surface area contributed by atoms with E-state index in [2.05, 4.69) is 30.6 Å². The van der Waals surface area contributed by atoms with Crippen molar-refractivity contribution in [2.75, 3.05) is 30.0 Å². The van der Waals surface area contributed by atoms with Crippen LogP contribution in [0.15, 0.2) is 0 Å². The minimum absolute atomic E-state index is 0.185. The number of hydrogen-bond donors (Lipinski definition) is 4. The first kappa shape index (κ1) is 14.2. The number of nitrogens with two attached hydrogens (primary N) is 1. The molecule has 0 radical (unpaired) electrons. The fourth-order valence-electron chi connectivity index (χ4n) is 1.83. The average Bonchev–Trinajstić information content (AvgIpc) is 2.43. The topological polar surface area (TPSA) is 122 Å². The van der Waals surface area contributed by atoms with Gasteiger partial charge in [0, 0.05) is 13.6 Å². The lowest BCUT2D eigenvalue weighted by molar-refractivity contribution is 0.208.